The number of halogens is 1. The standard InChI is InChI=1S/C20H19FN2O3/c21-14-5-3-4-13(10-14)15-11-16(15)22-19(24)12-23-17-6-1-2-7-18(17)26-9-8-20(23)25/h1-7,10,15-16H,8-9,11-12H2,(H,22,24)/t15-,16+/m1/s1. The predicted molar refractivity (Wildman–Crippen MR) is 94.6 cm³/mol. The summed E-state index contributed by atoms with van der Waals surface area (Å²) in [6.07, 6.45) is 1.01. The lowest BCUT2D eigenvalue weighted by Gasteiger charge is -2.21. The van der Waals surface area contributed by atoms with Gasteiger partial charge in [-0.15, -0.1) is 0 Å². The second kappa shape index (κ2) is 6.78. The quantitative estimate of drug-likeness (QED) is 0.918. The van der Waals surface area contributed by atoms with E-state index in [1.807, 2.05) is 18.2 Å². The summed E-state index contributed by atoms with van der Waals surface area (Å²) in [6.45, 7) is 0.254. The average molecular weight is 354 g/mol. The van der Waals surface area contributed by atoms with Crippen LogP contribution in [0.5, 0.6) is 5.75 Å². The van der Waals surface area contributed by atoms with Crippen molar-refractivity contribution in [3.05, 3.63) is 59.9 Å². The number of anilines is 1. The molecular weight excluding hydrogens is 335 g/mol. The number of hydrogen-bond donors (Lipinski definition) is 1. The van der Waals surface area contributed by atoms with Crippen LogP contribution in [-0.4, -0.2) is 31.0 Å². The third-order valence-electron chi connectivity index (χ3n) is 4.75. The van der Waals surface area contributed by atoms with Gasteiger partial charge in [-0.2, -0.15) is 0 Å². The number of nitrogens with one attached hydrogen (secondary N) is 1. The van der Waals surface area contributed by atoms with E-state index in [0.717, 1.165) is 12.0 Å². The van der Waals surface area contributed by atoms with Gasteiger partial charge in [0.2, 0.25) is 11.8 Å². The van der Waals surface area contributed by atoms with Crippen molar-refractivity contribution in [3.8, 4) is 5.75 Å². The maximum absolute atomic E-state index is 13.3. The zero-order chi connectivity index (χ0) is 18.1. The molecule has 0 bridgehead atoms. The molecule has 2 aliphatic rings. The lowest BCUT2D eigenvalue weighted by Crippen LogP contribution is -2.41. The van der Waals surface area contributed by atoms with E-state index in [1.54, 1.807) is 18.2 Å². The van der Waals surface area contributed by atoms with E-state index in [-0.39, 0.29) is 42.6 Å². The Hall–Kier alpha value is -2.89. The normalized spacial score (nSPS) is 21.4. The summed E-state index contributed by atoms with van der Waals surface area (Å²) in [5.41, 5.74) is 1.50. The van der Waals surface area contributed by atoms with Gasteiger partial charge in [-0.1, -0.05) is 24.3 Å². The van der Waals surface area contributed by atoms with E-state index < -0.39 is 0 Å². The van der Waals surface area contributed by atoms with Crippen LogP contribution in [0.25, 0.3) is 0 Å². The zero-order valence-corrected chi connectivity index (χ0v) is 14.2. The summed E-state index contributed by atoms with van der Waals surface area (Å²) in [6, 6.07) is 13.6. The summed E-state index contributed by atoms with van der Waals surface area (Å²) in [7, 11) is 0. The summed E-state index contributed by atoms with van der Waals surface area (Å²) >= 11 is 0. The van der Waals surface area contributed by atoms with Gasteiger partial charge in [0.1, 0.15) is 18.1 Å². The maximum Gasteiger partial charge on any atom is 0.240 e. The maximum atomic E-state index is 13.3. The Morgan fingerprint density at radius 1 is 1.23 bits per heavy atom. The first-order valence-electron chi connectivity index (χ1n) is 8.69. The third-order valence-corrected chi connectivity index (χ3v) is 4.75. The number of carbonyl (C=O) groups is 2. The van der Waals surface area contributed by atoms with Crippen molar-refractivity contribution < 1.29 is 18.7 Å². The van der Waals surface area contributed by atoms with E-state index in [2.05, 4.69) is 5.32 Å². The molecule has 2 amide bonds. The molecule has 6 heteroatoms. The van der Waals surface area contributed by atoms with Gasteiger partial charge in [-0.05, 0) is 36.2 Å². The molecule has 2 aromatic rings. The first-order valence-corrected chi connectivity index (χ1v) is 8.69. The highest BCUT2D eigenvalue weighted by molar-refractivity contribution is 6.00. The first kappa shape index (κ1) is 16.6. The Bertz CT molecular complexity index is 854. The lowest BCUT2D eigenvalue weighted by molar-refractivity contribution is -0.124. The van der Waals surface area contributed by atoms with Gasteiger partial charge < -0.3 is 10.1 Å². The van der Waals surface area contributed by atoms with Gasteiger partial charge in [0.25, 0.3) is 0 Å². The van der Waals surface area contributed by atoms with Crippen LogP contribution >= 0.6 is 0 Å². The first-order chi connectivity index (χ1) is 12.6. The topological polar surface area (TPSA) is 58.6 Å². The largest absolute Gasteiger partial charge is 0.491 e. The summed E-state index contributed by atoms with van der Waals surface area (Å²) < 4.78 is 18.9. The van der Waals surface area contributed by atoms with Crippen molar-refractivity contribution in [1.29, 1.82) is 0 Å². The van der Waals surface area contributed by atoms with Crippen LogP contribution in [0.1, 0.15) is 24.3 Å². The Morgan fingerprint density at radius 3 is 2.92 bits per heavy atom. The Kier molecular flexibility index (Phi) is 4.32. The highest BCUT2D eigenvalue weighted by atomic mass is 19.1. The van der Waals surface area contributed by atoms with Crippen LogP contribution < -0.4 is 15.0 Å². The van der Waals surface area contributed by atoms with Crippen molar-refractivity contribution >= 4 is 17.5 Å². The highest BCUT2D eigenvalue weighted by Crippen LogP contribution is 2.41. The van der Waals surface area contributed by atoms with Crippen molar-refractivity contribution in [1.82, 2.24) is 5.32 Å². The average Bonchev–Trinajstić information content (AvgIpc) is 3.40. The predicted octanol–water partition coefficient (Wildman–Crippen LogP) is 2.61. The summed E-state index contributed by atoms with van der Waals surface area (Å²) in [5.74, 6) is 0.105. The molecule has 1 aliphatic carbocycles. The molecular formula is C20H19FN2O3. The van der Waals surface area contributed by atoms with Gasteiger partial charge in [0.05, 0.1) is 18.7 Å². The molecule has 5 nitrogen and oxygen atoms in total. The van der Waals surface area contributed by atoms with Crippen molar-refractivity contribution in [2.75, 3.05) is 18.1 Å². The summed E-state index contributed by atoms with van der Waals surface area (Å²) in [5, 5.41) is 2.94. The number of para-hydroxylation sites is 2. The second-order valence-electron chi connectivity index (χ2n) is 6.62. The fourth-order valence-corrected chi connectivity index (χ4v) is 3.35. The molecule has 26 heavy (non-hydrogen) atoms. The van der Waals surface area contributed by atoms with E-state index in [1.165, 1.54) is 17.0 Å². The number of benzene rings is 2. The van der Waals surface area contributed by atoms with Gasteiger partial charge >= 0.3 is 0 Å². The number of nitrogens with zero attached hydrogens (tertiary/aromatic N) is 1. The minimum atomic E-state index is -0.272. The number of fused-ring (bicyclic) bond motifs is 1. The fourth-order valence-electron chi connectivity index (χ4n) is 3.35. The SMILES string of the molecule is O=C(CN1C(=O)CCOc2ccccc21)N[C@H]1C[C@@H]1c1cccc(F)c1. The van der Waals surface area contributed by atoms with Crippen molar-refractivity contribution in [3.63, 3.8) is 0 Å². The molecule has 1 N–H and O–H groups in total. The second-order valence-corrected chi connectivity index (χ2v) is 6.62. The van der Waals surface area contributed by atoms with Gasteiger partial charge in [0.15, 0.2) is 0 Å². The summed E-state index contributed by atoms with van der Waals surface area (Å²) in [4.78, 5) is 26.3. The van der Waals surface area contributed by atoms with Crippen molar-refractivity contribution in [2.45, 2.75) is 24.8 Å². The fraction of sp³-hybridized carbons (Fsp3) is 0.300. The molecule has 2 atom stereocenters. The number of hydrogen-bond acceptors (Lipinski definition) is 3. The van der Waals surface area contributed by atoms with E-state index in [9.17, 15) is 14.0 Å². The van der Waals surface area contributed by atoms with Gasteiger partial charge in [-0.3, -0.25) is 14.5 Å². The molecule has 4 rings (SSSR count). The Balaban J connectivity index is 1.41. The molecule has 1 saturated carbocycles. The molecule has 1 heterocycles. The third kappa shape index (κ3) is 3.40. The molecule has 0 spiro atoms. The van der Waals surface area contributed by atoms with Crippen LogP contribution in [-0.2, 0) is 9.59 Å². The Morgan fingerprint density at radius 2 is 2.08 bits per heavy atom. The number of rotatable bonds is 4. The molecule has 0 unspecified atom stereocenters. The molecule has 0 aromatic heterocycles. The van der Waals surface area contributed by atoms with Crippen molar-refractivity contribution in [2.24, 2.45) is 0 Å². The van der Waals surface area contributed by atoms with E-state index >= 15 is 0 Å². The van der Waals surface area contributed by atoms with Crippen LogP contribution in [0.15, 0.2) is 48.5 Å². The van der Waals surface area contributed by atoms with E-state index in [4.69, 9.17) is 4.74 Å². The Labute approximate surface area is 150 Å². The monoisotopic (exact) mass is 354 g/mol. The molecule has 2 aromatic carbocycles. The van der Waals surface area contributed by atoms with Gasteiger partial charge in [-0.25, -0.2) is 4.39 Å². The number of ether oxygens (including phenoxy) is 1. The smallest absolute Gasteiger partial charge is 0.240 e. The number of carbonyl (C=O) groups excluding carboxylic acids is 2. The highest BCUT2D eigenvalue weighted by Gasteiger charge is 2.40. The zero-order valence-electron chi connectivity index (χ0n) is 14.2. The van der Waals surface area contributed by atoms with Gasteiger partial charge in [0, 0.05) is 12.0 Å². The molecule has 0 saturated heterocycles. The molecule has 0 radical (unpaired) electrons. The molecule has 1 fully saturated rings. The van der Waals surface area contributed by atoms with Crippen LogP contribution in [0, 0.1) is 5.82 Å². The van der Waals surface area contributed by atoms with Crippen LogP contribution in [0.3, 0.4) is 0 Å². The minimum absolute atomic E-state index is 0.0159. The minimum Gasteiger partial charge on any atom is -0.491 e. The lowest BCUT2D eigenvalue weighted by atomic mass is 10.1. The molecule has 134 valence electrons. The van der Waals surface area contributed by atoms with E-state index in [0.29, 0.717) is 18.0 Å². The molecule has 1 aliphatic heterocycles. The van der Waals surface area contributed by atoms with Crippen LogP contribution in [0.4, 0.5) is 10.1 Å². The number of amides is 2. The van der Waals surface area contributed by atoms with Crippen LogP contribution in [0.2, 0.25) is 0 Å².